The number of aromatic hydroxyl groups is 2. The van der Waals surface area contributed by atoms with Gasteiger partial charge in [-0.1, -0.05) is 26.0 Å². The van der Waals surface area contributed by atoms with Gasteiger partial charge in [-0.15, -0.1) is 0 Å². The van der Waals surface area contributed by atoms with Gasteiger partial charge in [-0.2, -0.15) is 0 Å². The van der Waals surface area contributed by atoms with E-state index in [1.54, 1.807) is 24.3 Å². The van der Waals surface area contributed by atoms with Gasteiger partial charge in [-0.25, -0.2) is 4.39 Å². The zero-order chi connectivity index (χ0) is 23.8. The van der Waals surface area contributed by atoms with Crippen molar-refractivity contribution in [2.24, 2.45) is 0 Å². The summed E-state index contributed by atoms with van der Waals surface area (Å²) in [5.41, 5.74) is 2.84. The fourth-order valence-corrected chi connectivity index (χ4v) is 4.80. The average Bonchev–Trinajstić information content (AvgIpc) is 2.78. The molecule has 0 saturated carbocycles. The molecule has 176 valence electrons. The van der Waals surface area contributed by atoms with Crippen molar-refractivity contribution in [2.45, 2.75) is 32.3 Å². The molecule has 5 rings (SSSR count). The van der Waals surface area contributed by atoms with Crippen molar-refractivity contribution in [2.75, 3.05) is 19.6 Å². The van der Waals surface area contributed by atoms with Crippen LogP contribution in [0.15, 0.2) is 60.7 Å². The molecule has 2 heterocycles. The highest BCUT2D eigenvalue weighted by atomic mass is 19.1. The van der Waals surface area contributed by atoms with Crippen LogP contribution in [0.1, 0.15) is 42.9 Å². The first-order chi connectivity index (χ1) is 16.4. The minimum absolute atomic E-state index is 0.154. The summed E-state index contributed by atoms with van der Waals surface area (Å²) in [6.45, 7) is 7.08. The smallest absolute Gasteiger partial charge is 0.139 e. The molecule has 1 saturated heterocycles. The number of allylic oxidation sites excluding steroid dienone is 1. The van der Waals surface area contributed by atoms with Crippen molar-refractivity contribution in [1.29, 1.82) is 0 Å². The normalized spacial score (nSPS) is 18.3. The molecular weight excluding hydrogens is 433 g/mol. The van der Waals surface area contributed by atoms with E-state index >= 15 is 0 Å². The Bertz CT molecular complexity index is 1210. The van der Waals surface area contributed by atoms with E-state index in [-0.39, 0.29) is 23.5 Å². The van der Waals surface area contributed by atoms with Crippen LogP contribution in [0.3, 0.4) is 0 Å². The van der Waals surface area contributed by atoms with Crippen LogP contribution in [0.4, 0.5) is 4.39 Å². The first-order valence-electron chi connectivity index (χ1n) is 11.7. The zero-order valence-electron chi connectivity index (χ0n) is 19.3. The topological polar surface area (TPSA) is 62.2 Å². The van der Waals surface area contributed by atoms with Crippen LogP contribution in [0.25, 0.3) is 11.3 Å². The molecule has 5 nitrogen and oxygen atoms in total. The third-order valence-corrected chi connectivity index (χ3v) is 6.46. The molecule has 3 aromatic carbocycles. The number of ether oxygens (including phenoxy) is 2. The third-order valence-electron chi connectivity index (χ3n) is 6.46. The number of fused-ring (bicyclic) bond motifs is 1. The number of benzene rings is 3. The van der Waals surface area contributed by atoms with Gasteiger partial charge in [0.1, 0.15) is 40.7 Å². The van der Waals surface area contributed by atoms with E-state index in [1.165, 1.54) is 6.07 Å². The molecule has 3 aromatic rings. The second-order valence-corrected chi connectivity index (χ2v) is 8.98. The quantitative estimate of drug-likeness (QED) is 0.488. The molecule has 34 heavy (non-hydrogen) atoms. The molecule has 1 atom stereocenters. The van der Waals surface area contributed by atoms with E-state index in [4.69, 9.17) is 9.47 Å². The third kappa shape index (κ3) is 4.21. The van der Waals surface area contributed by atoms with E-state index in [0.717, 1.165) is 54.6 Å². The fraction of sp³-hybridized carbons (Fsp3) is 0.286. The van der Waals surface area contributed by atoms with Gasteiger partial charge in [0, 0.05) is 47.8 Å². The average molecular weight is 462 g/mol. The number of hydrogen-bond acceptors (Lipinski definition) is 5. The number of nitrogens with zero attached hydrogens (tertiary/aromatic N) is 1. The van der Waals surface area contributed by atoms with E-state index in [9.17, 15) is 14.6 Å². The molecule has 2 N–H and O–H groups in total. The molecule has 0 aliphatic carbocycles. The maximum absolute atomic E-state index is 14.8. The lowest BCUT2D eigenvalue weighted by atomic mass is 9.83. The van der Waals surface area contributed by atoms with Crippen molar-refractivity contribution in [3.05, 3.63) is 83.2 Å². The Hall–Kier alpha value is -3.51. The van der Waals surface area contributed by atoms with Gasteiger partial charge in [-0.3, -0.25) is 4.90 Å². The molecule has 0 radical (unpaired) electrons. The van der Waals surface area contributed by atoms with E-state index in [1.807, 2.05) is 31.2 Å². The first-order valence-corrected chi connectivity index (χ1v) is 11.7. The molecule has 0 aromatic heterocycles. The van der Waals surface area contributed by atoms with Gasteiger partial charge in [-0.05, 0) is 54.9 Å². The van der Waals surface area contributed by atoms with E-state index < -0.39 is 5.82 Å². The largest absolute Gasteiger partial charge is 0.508 e. The van der Waals surface area contributed by atoms with Crippen molar-refractivity contribution in [1.82, 2.24) is 4.90 Å². The zero-order valence-corrected chi connectivity index (χ0v) is 19.3. The van der Waals surface area contributed by atoms with Crippen LogP contribution in [0.5, 0.6) is 23.0 Å². The molecule has 0 bridgehead atoms. The Morgan fingerprint density at radius 1 is 0.971 bits per heavy atom. The van der Waals surface area contributed by atoms with E-state index in [2.05, 4.69) is 11.8 Å². The second kappa shape index (κ2) is 9.03. The van der Waals surface area contributed by atoms with Gasteiger partial charge in [0.05, 0.1) is 0 Å². The summed E-state index contributed by atoms with van der Waals surface area (Å²) in [5.74, 6) is 0.801. The Morgan fingerprint density at radius 3 is 2.32 bits per heavy atom. The highest BCUT2D eigenvalue weighted by Crippen LogP contribution is 2.48. The number of phenols is 2. The molecule has 0 amide bonds. The minimum atomic E-state index is -0.515. The molecule has 2 aliphatic heterocycles. The predicted octanol–water partition coefficient (Wildman–Crippen LogP) is 5.77. The number of halogens is 1. The second-order valence-electron chi connectivity index (χ2n) is 8.98. The van der Waals surface area contributed by atoms with Crippen LogP contribution in [-0.4, -0.2) is 40.9 Å². The maximum atomic E-state index is 14.8. The lowest BCUT2D eigenvalue weighted by molar-refractivity contribution is 0.0202. The number of hydrogen-bond donors (Lipinski definition) is 2. The van der Waals surface area contributed by atoms with Gasteiger partial charge in [0.15, 0.2) is 0 Å². The van der Waals surface area contributed by atoms with Gasteiger partial charge >= 0.3 is 0 Å². The number of phenolic OH excluding ortho intramolecular Hbond substituents is 2. The van der Waals surface area contributed by atoms with Gasteiger partial charge in [0.25, 0.3) is 0 Å². The predicted molar refractivity (Wildman–Crippen MR) is 130 cm³/mol. The standard InChI is InChI=1S/C28H28FNO4/c1-3-12-30-15-23(16-30)33-22-10-6-19(7-11-22)28-26(18-4-8-20(31)9-5-18)17(2)27-24(29)13-21(32)14-25(27)34-28/h4-11,13-14,17,23,31-32H,3,12,15-16H2,1-2H3. The molecule has 1 unspecified atom stereocenters. The van der Waals surface area contributed by atoms with Crippen molar-refractivity contribution >= 4 is 11.3 Å². The van der Waals surface area contributed by atoms with E-state index in [0.29, 0.717) is 17.1 Å². The Labute approximate surface area is 198 Å². The molecule has 6 heteroatoms. The summed E-state index contributed by atoms with van der Waals surface area (Å²) in [4.78, 5) is 2.37. The summed E-state index contributed by atoms with van der Waals surface area (Å²) in [7, 11) is 0. The Balaban J connectivity index is 1.49. The maximum Gasteiger partial charge on any atom is 0.139 e. The summed E-state index contributed by atoms with van der Waals surface area (Å²) in [5, 5.41) is 19.7. The van der Waals surface area contributed by atoms with Crippen molar-refractivity contribution in [3.63, 3.8) is 0 Å². The van der Waals surface area contributed by atoms with Crippen LogP contribution in [-0.2, 0) is 0 Å². The summed E-state index contributed by atoms with van der Waals surface area (Å²) in [6, 6.07) is 17.1. The Kier molecular flexibility index (Phi) is 5.92. The van der Waals surface area contributed by atoms with Crippen LogP contribution >= 0.6 is 0 Å². The van der Waals surface area contributed by atoms with Crippen LogP contribution in [0.2, 0.25) is 0 Å². The highest BCUT2D eigenvalue weighted by Gasteiger charge is 2.32. The van der Waals surface area contributed by atoms with Gasteiger partial charge in [0.2, 0.25) is 0 Å². The number of likely N-dealkylation sites (tertiary alicyclic amines) is 1. The highest BCUT2D eigenvalue weighted by molar-refractivity contribution is 5.93. The van der Waals surface area contributed by atoms with Crippen LogP contribution in [0, 0.1) is 5.82 Å². The lowest BCUT2D eigenvalue weighted by Crippen LogP contribution is -2.53. The summed E-state index contributed by atoms with van der Waals surface area (Å²) < 4.78 is 27.1. The molecule has 1 fully saturated rings. The van der Waals surface area contributed by atoms with Gasteiger partial charge < -0.3 is 19.7 Å². The SMILES string of the molecule is CCCN1CC(Oc2ccc(C3=C(c4ccc(O)cc4)C(C)c4c(F)cc(O)cc4O3)cc2)C1. The number of rotatable bonds is 6. The van der Waals surface area contributed by atoms with Crippen LogP contribution < -0.4 is 9.47 Å². The summed E-state index contributed by atoms with van der Waals surface area (Å²) in [6.07, 6.45) is 1.34. The van der Waals surface area contributed by atoms with Crippen molar-refractivity contribution in [3.8, 4) is 23.0 Å². The first kappa shape index (κ1) is 22.3. The molecule has 2 aliphatic rings. The fourth-order valence-electron chi connectivity index (χ4n) is 4.80. The Morgan fingerprint density at radius 2 is 1.65 bits per heavy atom. The lowest BCUT2D eigenvalue weighted by Gasteiger charge is -2.38. The monoisotopic (exact) mass is 461 g/mol. The summed E-state index contributed by atoms with van der Waals surface area (Å²) >= 11 is 0. The minimum Gasteiger partial charge on any atom is -0.508 e. The van der Waals surface area contributed by atoms with Crippen molar-refractivity contribution < 1.29 is 24.1 Å². The molecular formula is C28H28FNO4. The molecule has 0 spiro atoms.